The summed E-state index contributed by atoms with van der Waals surface area (Å²) < 4.78 is 1.77. The van der Waals surface area contributed by atoms with Gasteiger partial charge in [-0.05, 0) is 20.3 Å². The van der Waals surface area contributed by atoms with Crippen LogP contribution in [0, 0.1) is 12.3 Å². The van der Waals surface area contributed by atoms with E-state index in [1.165, 1.54) is 0 Å². The van der Waals surface area contributed by atoms with E-state index in [1.54, 1.807) is 4.68 Å². The number of anilines is 2. The molecule has 2 heterocycles. The van der Waals surface area contributed by atoms with E-state index in [1.807, 2.05) is 27.8 Å². The van der Waals surface area contributed by atoms with Gasteiger partial charge < -0.3 is 10.6 Å². The summed E-state index contributed by atoms with van der Waals surface area (Å²) >= 11 is 0. The maximum Gasteiger partial charge on any atom is 0.232 e. The molecule has 1 aromatic rings. The molecule has 1 aromatic heterocycles. The zero-order valence-corrected chi connectivity index (χ0v) is 10.2. The molecule has 16 heavy (non-hydrogen) atoms. The van der Waals surface area contributed by atoms with Crippen molar-refractivity contribution in [2.45, 2.75) is 27.2 Å². The van der Waals surface area contributed by atoms with Crippen molar-refractivity contribution < 1.29 is 4.79 Å². The summed E-state index contributed by atoms with van der Waals surface area (Å²) in [6, 6.07) is 0. The molecule has 1 amide bonds. The summed E-state index contributed by atoms with van der Waals surface area (Å²) in [6.45, 7) is 6.54. The first-order chi connectivity index (χ1) is 7.48. The minimum atomic E-state index is -0.356. The quantitative estimate of drug-likeness (QED) is 0.757. The zero-order valence-electron chi connectivity index (χ0n) is 10.2. The van der Waals surface area contributed by atoms with Crippen molar-refractivity contribution in [3.8, 4) is 0 Å². The third kappa shape index (κ3) is 1.47. The van der Waals surface area contributed by atoms with Gasteiger partial charge >= 0.3 is 0 Å². The van der Waals surface area contributed by atoms with Crippen LogP contribution in [0.5, 0.6) is 0 Å². The molecule has 1 unspecified atom stereocenters. The zero-order chi connectivity index (χ0) is 11.9. The minimum absolute atomic E-state index is 0.0670. The maximum atomic E-state index is 12.1. The van der Waals surface area contributed by atoms with Gasteiger partial charge in [-0.25, -0.2) is 0 Å². The summed E-state index contributed by atoms with van der Waals surface area (Å²) in [6.07, 6.45) is 0.812. The van der Waals surface area contributed by atoms with E-state index in [0.717, 1.165) is 23.6 Å². The highest BCUT2D eigenvalue weighted by atomic mass is 16.2. The summed E-state index contributed by atoms with van der Waals surface area (Å²) in [5.41, 5.74) is 1.30. The van der Waals surface area contributed by atoms with Gasteiger partial charge in [0.25, 0.3) is 0 Å². The Kier molecular flexibility index (Phi) is 2.40. The molecule has 5 heteroatoms. The van der Waals surface area contributed by atoms with Crippen LogP contribution >= 0.6 is 0 Å². The van der Waals surface area contributed by atoms with Crippen LogP contribution in [0.3, 0.4) is 0 Å². The molecule has 1 atom stereocenters. The molecule has 0 saturated carbocycles. The Morgan fingerprint density at radius 1 is 1.56 bits per heavy atom. The molecular formula is C11H18N4O. The van der Waals surface area contributed by atoms with Crippen LogP contribution in [0.15, 0.2) is 0 Å². The molecule has 1 aliphatic heterocycles. The molecule has 88 valence electrons. The maximum absolute atomic E-state index is 12.1. The number of nitrogens with zero attached hydrogens (tertiary/aromatic N) is 2. The van der Waals surface area contributed by atoms with E-state index in [0.29, 0.717) is 6.54 Å². The largest absolute Gasteiger partial charge is 0.367 e. The monoisotopic (exact) mass is 222 g/mol. The minimum Gasteiger partial charge on any atom is -0.367 e. The van der Waals surface area contributed by atoms with E-state index in [4.69, 9.17) is 0 Å². The predicted octanol–water partition coefficient (Wildman–Crippen LogP) is 1.51. The third-order valence-corrected chi connectivity index (χ3v) is 3.44. The fourth-order valence-corrected chi connectivity index (χ4v) is 1.92. The molecule has 0 fully saturated rings. The molecule has 2 N–H and O–H groups in total. The SMILES string of the molecule is CCC1(C)CNc2c(c(C)nn2C)NC1=O. The molecule has 0 aromatic carbocycles. The summed E-state index contributed by atoms with van der Waals surface area (Å²) in [4.78, 5) is 12.1. The Morgan fingerprint density at radius 3 is 2.88 bits per heavy atom. The summed E-state index contributed by atoms with van der Waals surface area (Å²) in [7, 11) is 1.87. The number of hydrogen-bond acceptors (Lipinski definition) is 3. The molecule has 0 saturated heterocycles. The van der Waals surface area contributed by atoms with Gasteiger partial charge in [0.15, 0.2) is 0 Å². The van der Waals surface area contributed by atoms with E-state index < -0.39 is 0 Å². The first-order valence-electron chi connectivity index (χ1n) is 5.57. The summed E-state index contributed by atoms with van der Waals surface area (Å²) in [5, 5.41) is 10.6. The highest BCUT2D eigenvalue weighted by molar-refractivity contribution is 5.99. The number of carbonyl (C=O) groups excluding carboxylic acids is 1. The van der Waals surface area contributed by atoms with E-state index in [-0.39, 0.29) is 11.3 Å². The Balaban J connectivity index is 2.42. The van der Waals surface area contributed by atoms with Gasteiger partial charge in [-0.3, -0.25) is 9.48 Å². The van der Waals surface area contributed by atoms with Crippen LogP contribution in [0.4, 0.5) is 11.5 Å². The number of aryl methyl sites for hydroxylation is 2. The van der Waals surface area contributed by atoms with Gasteiger partial charge in [0.1, 0.15) is 11.5 Å². The predicted molar refractivity (Wildman–Crippen MR) is 63.5 cm³/mol. The molecule has 0 aliphatic carbocycles. The number of rotatable bonds is 1. The third-order valence-electron chi connectivity index (χ3n) is 3.44. The van der Waals surface area contributed by atoms with Crippen molar-refractivity contribution in [1.29, 1.82) is 0 Å². The number of fused-ring (bicyclic) bond motifs is 1. The highest BCUT2D eigenvalue weighted by Crippen LogP contribution is 2.33. The average molecular weight is 222 g/mol. The second-order valence-corrected chi connectivity index (χ2v) is 4.65. The normalized spacial score (nSPS) is 24.4. The number of hydrogen-bond donors (Lipinski definition) is 2. The van der Waals surface area contributed by atoms with Gasteiger partial charge in [0, 0.05) is 13.6 Å². The van der Waals surface area contributed by atoms with Crippen LogP contribution in [0.25, 0.3) is 0 Å². The van der Waals surface area contributed by atoms with Crippen molar-refractivity contribution >= 4 is 17.4 Å². The second-order valence-electron chi connectivity index (χ2n) is 4.65. The van der Waals surface area contributed by atoms with Gasteiger partial charge in [0.2, 0.25) is 5.91 Å². The number of carbonyl (C=O) groups is 1. The summed E-state index contributed by atoms with van der Waals surface area (Å²) in [5.74, 6) is 0.959. The Morgan fingerprint density at radius 2 is 2.25 bits per heavy atom. The average Bonchev–Trinajstić information content (AvgIpc) is 2.43. The lowest BCUT2D eigenvalue weighted by Gasteiger charge is -2.24. The number of nitrogens with one attached hydrogen (secondary N) is 2. The van der Waals surface area contributed by atoms with Crippen molar-refractivity contribution in [2.24, 2.45) is 12.5 Å². The van der Waals surface area contributed by atoms with Crippen molar-refractivity contribution in [1.82, 2.24) is 9.78 Å². The highest BCUT2D eigenvalue weighted by Gasteiger charge is 2.35. The standard InChI is InChI=1S/C11H18N4O/c1-5-11(3)6-12-9-8(13-10(11)16)7(2)14-15(9)4/h12H,5-6H2,1-4H3,(H,13,16). The van der Waals surface area contributed by atoms with E-state index in [9.17, 15) is 4.79 Å². The Bertz CT molecular complexity index is 437. The van der Waals surface area contributed by atoms with Crippen LogP contribution < -0.4 is 10.6 Å². The fraction of sp³-hybridized carbons (Fsp3) is 0.636. The lowest BCUT2D eigenvalue weighted by molar-refractivity contribution is -0.124. The van der Waals surface area contributed by atoms with Gasteiger partial charge in [-0.1, -0.05) is 6.92 Å². The van der Waals surface area contributed by atoms with Crippen LogP contribution in [0.2, 0.25) is 0 Å². The molecule has 0 spiro atoms. The molecular weight excluding hydrogens is 204 g/mol. The lowest BCUT2D eigenvalue weighted by atomic mass is 9.86. The Labute approximate surface area is 95.2 Å². The van der Waals surface area contributed by atoms with E-state index >= 15 is 0 Å². The van der Waals surface area contributed by atoms with Crippen molar-refractivity contribution in [3.63, 3.8) is 0 Å². The Hall–Kier alpha value is -1.52. The van der Waals surface area contributed by atoms with Crippen LogP contribution in [-0.2, 0) is 11.8 Å². The molecule has 0 bridgehead atoms. The first kappa shape index (κ1) is 11.0. The second kappa shape index (κ2) is 3.50. The van der Waals surface area contributed by atoms with Crippen LogP contribution in [-0.4, -0.2) is 22.2 Å². The first-order valence-corrected chi connectivity index (χ1v) is 5.57. The molecule has 0 radical (unpaired) electrons. The number of aromatic nitrogens is 2. The molecule has 5 nitrogen and oxygen atoms in total. The van der Waals surface area contributed by atoms with Gasteiger partial charge in [-0.15, -0.1) is 0 Å². The molecule has 2 rings (SSSR count). The van der Waals surface area contributed by atoms with Gasteiger partial charge in [-0.2, -0.15) is 5.10 Å². The smallest absolute Gasteiger partial charge is 0.232 e. The number of amides is 1. The van der Waals surface area contributed by atoms with Crippen LogP contribution in [0.1, 0.15) is 26.0 Å². The lowest BCUT2D eigenvalue weighted by Crippen LogP contribution is -2.37. The topological polar surface area (TPSA) is 59.0 Å². The van der Waals surface area contributed by atoms with Gasteiger partial charge in [0.05, 0.1) is 11.1 Å². The van der Waals surface area contributed by atoms with Crippen molar-refractivity contribution in [3.05, 3.63) is 5.69 Å². The molecule has 1 aliphatic rings. The van der Waals surface area contributed by atoms with E-state index in [2.05, 4.69) is 15.7 Å². The van der Waals surface area contributed by atoms with Crippen molar-refractivity contribution in [2.75, 3.05) is 17.2 Å². The fourth-order valence-electron chi connectivity index (χ4n) is 1.92.